The lowest BCUT2D eigenvalue weighted by atomic mass is 10.0. The van der Waals surface area contributed by atoms with Crippen molar-refractivity contribution in [2.75, 3.05) is 11.9 Å². The molecule has 1 heterocycles. The van der Waals surface area contributed by atoms with Crippen molar-refractivity contribution in [2.45, 2.75) is 65.2 Å². The van der Waals surface area contributed by atoms with Gasteiger partial charge in [0.1, 0.15) is 5.75 Å². The molecule has 7 nitrogen and oxygen atoms in total. The van der Waals surface area contributed by atoms with Crippen molar-refractivity contribution in [1.82, 2.24) is 15.1 Å². The summed E-state index contributed by atoms with van der Waals surface area (Å²) in [6.07, 6.45) is 5.62. The van der Waals surface area contributed by atoms with Crippen molar-refractivity contribution in [2.24, 2.45) is 5.92 Å². The summed E-state index contributed by atoms with van der Waals surface area (Å²) in [5, 5.41) is 20.8. The average Bonchev–Trinajstić information content (AvgIpc) is 3.36. The van der Waals surface area contributed by atoms with Gasteiger partial charge in [0.25, 0.3) is 0 Å². The minimum Gasteiger partial charge on any atom is -0.507 e. The molecule has 0 bridgehead atoms. The summed E-state index contributed by atoms with van der Waals surface area (Å²) in [5.74, 6) is 0.536. The second-order valence-corrected chi connectivity index (χ2v) is 8.46. The van der Waals surface area contributed by atoms with E-state index in [1.807, 2.05) is 26.8 Å². The Morgan fingerprint density at radius 3 is 2.63 bits per heavy atom. The number of rotatable bonds is 7. The van der Waals surface area contributed by atoms with E-state index < -0.39 is 0 Å². The van der Waals surface area contributed by atoms with Crippen LogP contribution in [-0.4, -0.2) is 33.4 Å². The molecule has 3 N–H and O–H groups in total. The Balaban J connectivity index is 1.93. The molecule has 0 unspecified atom stereocenters. The van der Waals surface area contributed by atoms with Gasteiger partial charge in [0, 0.05) is 30.1 Å². The Bertz CT molecular complexity index is 898. The first-order chi connectivity index (χ1) is 14.4. The van der Waals surface area contributed by atoms with E-state index in [1.165, 1.54) is 4.68 Å². The average molecular weight is 413 g/mol. The topological polar surface area (TPSA) is 96.3 Å². The van der Waals surface area contributed by atoms with Gasteiger partial charge in [-0.25, -0.2) is 4.79 Å². The summed E-state index contributed by atoms with van der Waals surface area (Å²) in [5.41, 5.74) is 2.50. The van der Waals surface area contributed by atoms with Gasteiger partial charge in [0.15, 0.2) is 0 Å². The minimum atomic E-state index is -0.245. The summed E-state index contributed by atoms with van der Waals surface area (Å²) in [4.78, 5) is 24.8. The van der Waals surface area contributed by atoms with Gasteiger partial charge in [0.05, 0.1) is 11.4 Å². The van der Waals surface area contributed by atoms with Gasteiger partial charge in [-0.1, -0.05) is 33.6 Å². The monoisotopic (exact) mass is 412 g/mol. The van der Waals surface area contributed by atoms with Crippen molar-refractivity contribution in [3.05, 3.63) is 30.0 Å². The van der Waals surface area contributed by atoms with Crippen LogP contribution in [0.4, 0.5) is 10.5 Å². The lowest BCUT2D eigenvalue weighted by molar-refractivity contribution is -0.116. The highest BCUT2D eigenvalue weighted by Gasteiger charge is 2.26. The lowest BCUT2D eigenvalue weighted by Crippen LogP contribution is -2.31. The number of aromatic nitrogens is 2. The highest BCUT2D eigenvalue weighted by molar-refractivity contribution is 5.92. The van der Waals surface area contributed by atoms with Crippen LogP contribution in [0.25, 0.3) is 11.3 Å². The number of benzene rings is 1. The Labute approximate surface area is 177 Å². The van der Waals surface area contributed by atoms with Crippen LogP contribution in [0.1, 0.15) is 70.9 Å². The molecule has 3 rings (SSSR count). The Kier molecular flexibility index (Phi) is 7.13. The molecule has 30 heavy (non-hydrogen) atoms. The third-order valence-electron chi connectivity index (χ3n) is 5.38. The van der Waals surface area contributed by atoms with Gasteiger partial charge < -0.3 is 15.7 Å². The molecule has 1 aromatic carbocycles. The van der Waals surface area contributed by atoms with E-state index in [9.17, 15) is 14.7 Å². The lowest BCUT2D eigenvalue weighted by Gasteiger charge is -2.11. The standard InChI is InChI=1S/C23H32N4O3/c1-4-11-24-23(30)27-20(16-7-5-6-8-16)14-19(26-27)18-13-17(9-10-21(18)28)25-22(29)12-15(2)3/h9-10,13-16,28H,4-8,11-12H2,1-3H3,(H,24,30)(H,25,29). The molecule has 2 amide bonds. The van der Waals surface area contributed by atoms with E-state index in [1.54, 1.807) is 18.2 Å². The summed E-state index contributed by atoms with van der Waals surface area (Å²) in [6.45, 7) is 6.57. The van der Waals surface area contributed by atoms with Crippen molar-refractivity contribution < 1.29 is 14.7 Å². The molecule has 1 aliphatic carbocycles. The zero-order chi connectivity index (χ0) is 21.7. The quantitative estimate of drug-likeness (QED) is 0.566. The fourth-order valence-electron chi connectivity index (χ4n) is 3.91. The minimum absolute atomic E-state index is 0.0634. The van der Waals surface area contributed by atoms with E-state index in [2.05, 4.69) is 15.7 Å². The fourth-order valence-corrected chi connectivity index (χ4v) is 3.91. The maximum Gasteiger partial charge on any atom is 0.342 e. The Hall–Kier alpha value is -2.83. The molecule has 0 spiro atoms. The molecule has 1 saturated carbocycles. The third kappa shape index (κ3) is 5.20. The Morgan fingerprint density at radius 2 is 1.97 bits per heavy atom. The molecule has 1 aliphatic rings. The third-order valence-corrected chi connectivity index (χ3v) is 5.38. The summed E-state index contributed by atoms with van der Waals surface area (Å²) >= 11 is 0. The molecule has 0 saturated heterocycles. The summed E-state index contributed by atoms with van der Waals surface area (Å²) in [7, 11) is 0. The largest absolute Gasteiger partial charge is 0.507 e. The van der Waals surface area contributed by atoms with Crippen LogP contribution < -0.4 is 10.6 Å². The smallest absolute Gasteiger partial charge is 0.342 e. The Morgan fingerprint density at radius 1 is 1.23 bits per heavy atom. The number of amides is 2. The van der Waals surface area contributed by atoms with E-state index in [0.717, 1.165) is 37.8 Å². The molecule has 2 aromatic rings. The van der Waals surface area contributed by atoms with Gasteiger partial charge in [0.2, 0.25) is 5.91 Å². The zero-order valence-electron chi connectivity index (χ0n) is 18.1. The van der Waals surface area contributed by atoms with Crippen LogP contribution in [-0.2, 0) is 4.79 Å². The zero-order valence-corrected chi connectivity index (χ0v) is 18.1. The first-order valence-corrected chi connectivity index (χ1v) is 10.9. The van der Waals surface area contributed by atoms with Crippen LogP contribution in [0, 0.1) is 5.92 Å². The van der Waals surface area contributed by atoms with Gasteiger partial charge in [-0.3, -0.25) is 4.79 Å². The van der Waals surface area contributed by atoms with Gasteiger partial charge in [-0.15, -0.1) is 0 Å². The number of aromatic hydroxyl groups is 1. The van der Waals surface area contributed by atoms with Crippen LogP contribution in [0.2, 0.25) is 0 Å². The van der Waals surface area contributed by atoms with Crippen molar-refractivity contribution in [1.29, 1.82) is 0 Å². The van der Waals surface area contributed by atoms with Crippen molar-refractivity contribution in [3.8, 4) is 17.0 Å². The number of phenols is 1. The number of carbonyl (C=O) groups is 2. The number of hydrogen-bond acceptors (Lipinski definition) is 4. The van der Waals surface area contributed by atoms with E-state index >= 15 is 0 Å². The van der Waals surface area contributed by atoms with Gasteiger partial charge >= 0.3 is 6.03 Å². The molecule has 1 fully saturated rings. The maximum atomic E-state index is 12.7. The van der Waals surface area contributed by atoms with E-state index in [-0.39, 0.29) is 29.5 Å². The first kappa shape index (κ1) is 21.9. The molecule has 1 aromatic heterocycles. The number of carbonyl (C=O) groups excluding carboxylic acids is 2. The maximum absolute atomic E-state index is 12.7. The highest BCUT2D eigenvalue weighted by Crippen LogP contribution is 2.38. The van der Waals surface area contributed by atoms with Crippen LogP contribution in [0.3, 0.4) is 0 Å². The van der Waals surface area contributed by atoms with Crippen molar-refractivity contribution >= 4 is 17.6 Å². The van der Waals surface area contributed by atoms with Gasteiger partial charge in [-0.05, 0) is 49.4 Å². The normalized spacial score (nSPS) is 14.3. The molecule has 162 valence electrons. The van der Waals surface area contributed by atoms with E-state index in [4.69, 9.17) is 0 Å². The number of phenolic OH excluding ortho intramolecular Hbond substituents is 1. The first-order valence-electron chi connectivity index (χ1n) is 10.9. The van der Waals surface area contributed by atoms with E-state index in [0.29, 0.717) is 29.9 Å². The van der Waals surface area contributed by atoms with Crippen molar-refractivity contribution in [3.63, 3.8) is 0 Å². The van der Waals surface area contributed by atoms with Crippen LogP contribution in [0.15, 0.2) is 24.3 Å². The number of nitrogens with one attached hydrogen (secondary N) is 2. The summed E-state index contributed by atoms with van der Waals surface area (Å²) < 4.78 is 1.45. The second-order valence-electron chi connectivity index (χ2n) is 8.46. The summed E-state index contributed by atoms with van der Waals surface area (Å²) in [6, 6.07) is 6.58. The second kappa shape index (κ2) is 9.78. The molecular weight excluding hydrogens is 380 g/mol. The van der Waals surface area contributed by atoms with Crippen LogP contribution >= 0.6 is 0 Å². The number of nitrogens with zero attached hydrogens (tertiary/aromatic N) is 2. The SMILES string of the molecule is CCCNC(=O)n1nc(-c2cc(NC(=O)CC(C)C)ccc2O)cc1C1CCCC1. The predicted octanol–water partition coefficient (Wildman–Crippen LogP) is 4.87. The van der Waals surface area contributed by atoms with Gasteiger partial charge in [-0.2, -0.15) is 9.78 Å². The molecule has 0 radical (unpaired) electrons. The molecular formula is C23H32N4O3. The molecule has 0 atom stereocenters. The number of anilines is 1. The fraction of sp³-hybridized carbons (Fsp3) is 0.522. The predicted molar refractivity (Wildman–Crippen MR) is 118 cm³/mol. The molecule has 0 aliphatic heterocycles. The highest BCUT2D eigenvalue weighted by atomic mass is 16.3. The number of hydrogen-bond donors (Lipinski definition) is 3. The van der Waals surface area contributed by atoms with Crippen LogP contribution in [0.5, 0.6) is 5.75 Å². The molecule has 7 heteroatoms.